The second kappa shape index (κ2) is 6.07. The van der Waals surface area contributed by atoms with Crippen molar-refractivity contribution >= 4 is 11.8 Å². The van der Waals surface area contributed by atoms with E-state index in [0.29, 0.717) is 24.3 Å². The topological polar surface area (TPSA) is 62.3 Å². The van der Waals surface area contributed by atoms with Gasteiger partial charge in [-0.2, -0.15) is 0 Å². The van der Waals surface area contributed by atoms with E-state index in [9.17, 15) is 9.59 Å². The molecule has 1 aromatic rings. The Hall–Kier alpha value is -1.91. The van der Waals surface area contributed by atoms with E-state index in [1.807, 2.05) is 12.1 Å². The van der Waals surface area contributed by atoms with Crippen molar-refractivity contribution in [3.63, 3.8) is 0 Å². The van der Waals surface area contributed by atoms with Gasteiger partial charge in [0.25, 0.3) is 0 Å². The van der Waals surface area contributed by atoms with Gasteiger partial charge in [0, 0.05) is 31.9 Å². The van der Waals surface area contributed by atoms with E-state index in [4.69, 9.17) is 0 Å². The van der Waals surface area contributed by atoms with Gasteiger partial charge in [-0.05, 0) is 67.4 Å². The maximum absolute atomic E-state index is 13.2. The zero-order valence-electron chi connectivity index (χ0n) is 15.3. The van der Waals surface area contributed by atoms with Crippen molar-refractivity contribution < 1.29 is 9.59 Å². The zero-order valence-corrected chi connectivity index (χ0v) is 15.3. The molecule has 0 spiro atoms. The quantitative estimate of drug-likeness (QED) is 0.908. The number of aromatic nitrogens is 1. The van der Waals surface area contributed by atoms with E-state index in [2.05, 4.69) is 10.3 Å². The second-order valence-electron chi connectivity index (χ2n) is 9.01. The van der Waals surface area contributed by atoms with Gasteiger partial charge < -0.3 is 10.2 Å². The Morgan fingerprint density at radius 3 is 2.46 bits per heavy atom. The predicted octanol–water partition coefficient (Wildman–Crippen LogP) is 2.54. The molecular formula is C21H27N3O2. The number of amides is 2. The monoisotopic (exact) mass is 353 g/mol. The van der Waals surface area contributed by atoms with Crippen LogP contribution in [0.5, 0.6) is 0 Å². The van der Waals surface area contributed by atoms with E-state index in [0.717, 1.165) is 17.4 Å². The largest absolute Gasteiger partial charge is 0.352 e. The summed E-state index contributed by atoms with van der Waals surface area (Å²) in [6.45, 7) is 0. The van der Waals surface area contributed by atoms with E-state index in [-0.39, 0.29) is 23.8 Å². The highest BCUT2D eigenvalue weighted by molar-refractivity contribution is 5.90. The van der Waals surface area contributed by atoms with Gasteiger partial charge in [0.2, 0.25) is 11.8 Å². The van der Waals surface area contributed by atoms with E-state index in [1.165, 1.54) is 32.1 Å². The summed E-state index contributed by atoms with van der Waals surface area (Å²) >= 11 is 0. The minimum atomic E-state index is -0.311. The number of nitrogens with one attached hydrogen (secondary N) is 1. The average molecular weight is 353 g/mol. The molecule has 1 aliphatic heterocycles. The number of pyridine rings is 1. The van der Waals surface area contributed by atoms with Crippen LogP contribution in [0.2, 0.25) is 0 Å². The lowest BCUT2D eigenvalue weighted by molar-refractivity contribution is -0.130. The molecule has 4 bridgehead atoms. The van der Waals surface area contributed by atoms with Crippen LogP contribution in [0.3, 0.4) is 0 Å². The minimum absolute atomic E-state index is 0.0454. The molecular weight excluding hydrogens is 326 g/mol. The molecule has 5 heteroatoms. The molecule has 1 N–H and O–H groups in total. The van der Waals surface area contributed by atoms with Crippen LogP contribution in [0.4, 0.5) is 0 Å². The normalized spacial score (nSPS) is 40.9. The van der Waals surface area contributed by atoms with Crippen LogP contribution < -0.4 is 5.32 Å². The highest BCUT2D eigenvalue weighted by Crippen LogP contribution is 2.53. The smallest absolute Gasteiger partial charge is 0.226 e. The fraction of sp³-hybridized carbons (Fsp3) is 0.667. The number of nitrogens with zero attached hydrogens (tertiary/aromatic N) is 2. The van der Waals surface area contributed by atoms with Crippen LogP contribution in [0, 0.1) is 29.6 Å². The first-order valence-electron chi connectivity index (χ1n) is 10.1. The molecule has 0 unspecified atom stereocenters. The van der Waals surface area contributed by atoms with Gasteiger partial charge in [-0.25, -0.2) is 0 Å². The molecule has 1 aromatic heterocycles. The lowest BCUT2D eigenvalue weighted by Crippen LogP contribution is -2.56. The molecule has 5 nitrogen and oxygen atoms in total. The summed E-state index contributed by atoms with van der Waals surface area (Å²) in [4.78, 5) is 31.4. The van der Waals surface area contributed by atoms with Crippen LogP contribution in [0.15, 0.2) is 24.5 Å². The summed E-state index contributed by atoms with van der Waals surface area (Å²) in [6.07, 6.45) is 10.4. The van der Waals surface area contributed by atoms with Crippen LogP contribution in [0.1, 0.15) is 50.1 Å². The van der Waals surface area contributed by atoms with Crippen LogP contribution in [0.25, 0.3) is 0 Å². The molecule has 2 heterocycles. The van der Waals surface area contributed by atoms with Gasteiger partial charge >= 0.3 is 0 Å². The van der Waals surface area contributed by atoms with Crippen molar-refractivity contribution in [3.8, 4) is 0 Å². The Labute approximate surface area is 154 Å². The van der Waals surface area contributed by atoms with Crippen LogP contribution in [-0.4, -0.2) is 34.8 Å². The van der Waals surface area contributed by atoms with Gasteiger partial charge in [-0.15, -0.1) is 0 Å². The Bertz CT molecular complexity index is 691. The summed E-state index contributed by atoms with van der Waals surface area (Å²) in [5.41, 5.74) is 0.950. The molecule has 0 radical (unpaired) electrons. The third-order valence-electron chi connectivity index (χ3n) is 7.48. The Morgan fingerprint density at radius 1 is 1.15 bits per heavy atom. The Balaban J connectivity index is 1.35. The molecule has 1 saturated heterocycles. The molecule has 6 rings (SSSR count). The average Bonchev–Trinajstić information content (AvgIpc) is 2.93. The third-order valence-corrected chi connectivity index (χ3v) is 7.48. The molecule has 26 heavy (non-hydrogen) atoms. The number of hydrogen-bond donors (Lipinski definition) is 1. The van der Waals surface area contributed by atoms with Gasteiger partial charge in [0.05, 0.1) is 12.0 Å². The first kappa shape index (κ1) is 16.3. The summed E-state index contributed by atoms with van der Waals surface area (Å²) in [6, 6.07) is 3.97. The Morgan fingerprint density at radius 2 is 1.85 bits per heavy atom. The third kappa shape index (κ3) is 2.55. The molecule has 5 aliphatic rings. The van der Waals surface area contributed by atoms with Crippen LogP contribution in [-0.2, 0) is 9.59 Å². The number of rotatable bonds is 3. The van der Waals surface area contributed by atoms with Crippen molar-refractivity contribution in [1.29, 1.82) is 0 Å². The SMILES string of the molecule is CN1C(=O)C[C@H](C(=O)NC2C3CC4CC(C3)CC2C4)[C@H]1c1cccnc1. The van der Waals surface area contributed by atoms with Crippen molar-refractivity contribution in [2.45, 2.75) is 50.6 Å². The molecule has 2 amide bonds. The summed E-state index contributed by atoms with van der Waals surface area (Å²) in [7, 11) is 1.80. The molecule has 2 atom stereocenters. The maximum atomic E-state index is 13.2. The summed E-state index contributed by atoms with van der Waals surface area (Å²) < 4.78 is 0. The van der Waals surface area contributed by atoms with E-state index < -0.39 is 0 Å². The van der Waals surface area contributed by atoms with Gasteiger partial charge in [-0.3, -0.25) is 14.6 Å². The zero-order chi connectivity index (χ0) is 17.8. The number of carbonyl (C=O) groups excluding carboxylic acids is 2. The van der Waals surface area contributed by atoms with Crippen molar-refractivity contribution in [2.24, 2.45) is 29.6 Å². The van der Waals surface area contributed by atoms with E-state index >= 15 is 0 Å². The number of likely N-dealkylation sites (tertiary alicyclic amines) is 1. The van der Waals surface area contributed by atoms with Gasteiger partial charge in [0.1, 0.15) is 0 Å². The van der Waals surface area contributed by atoms with Crippen LogP contribution >= 0.6 is 0 Å². The predicted molar refractivity (Wildman–Crippen MR) is 96.8 cm³/mol. The standard InChI is InChI=1S/C21H27N3O2/c1-24-18(25)10-17(20(24)14-3-2-4-22-11-14)21(26)23-19-15-6-12-5-13(8-15)9-16(19)7-12/h2-4,11-13,15-17,19-20H,5-10H2,1H3,(H,23,26)/t12?,13?,15?,16?,17-,19?,20+/m0/s1. The first-order chi connectivity index (χ1) is 12.6. The van der Waals surface area contributed by atoms with Crippen molar-refractivity contribution in [3.05, 3.63) is 30.1 Å². The highest BCUT2D eigenvalue weighted by Gasteiger charge is 2.50. The fourth-order valence-corrected chi connectivity index (χ4v) is 6.54. The van der Waals surface area contributed by atoms with Gasteiger partial charge in [0.15, 0.2) is 0 Å². The Kier molecular flexibility index (Phi) is 3.80. The summed E-state index contributed by atoms with van der Waals surface area (Å²) in [5, 5.41) is 3.41. The molecule has 4 saturated carbocycles. The fourth-order valence-electron chi connectivity index (χ4n) is 6.54. The summed E-state index contributed by atoms with van der Waals surface area (Å²) in [5.74, 6) is 2.90. The molecule has 4 aliphatic carbocycles. The van der Waals surface area contributed by atoms with E-state index in [1.54, 1.807) is 24.3 Å². The maximum Gasteiger partial charge on any atom is 0.226 e. The molecule has 138 valence electrons. The molecule has 5 fully saturated rings. The number of hydrogen-bond acceptors (Lipinski definition) is 3. The lowest BCUT2D eigenvalue weighted by Gasteiger charge is -2.54. The number of carbonyl (C=O) groups is 2. The first-order valence-corrected chi connectivity index (χ1v) is 10.1. The second-order valence-corrected chi connectivity index (χ2v) is 9.01. The van der Waals surface area contributed by atoms with Crippen molar-refractivity contribution in [2.75, 3.05) is 7.05 Å². The lowest BCUT2D eigenvalue weighted by atomic mass is 9.54. The molecule has 0 aromatic carbocycles. The highest BCUT2D eigenvalue weighted by atomic mass is 16.2. The minimum Gasteiger partial charge on any atom is -0.352 e. The van der Waals surface area contributed by atoms with Crippen molar-refractivity contribution in [1.82, 2.24) is 15.2 Å². The van der Waals surface area contributed by atoms with Gasteiger partial charge in [-0.1, -0.05) is 6.07 Å².